The van der Waals surface area contributed by atoms with Crippen molar-refractivity contribution >= 4 is 11.0 Å². The Balaban J connectivity index is 2.10. The highest BCUT2D eigenvalue weighted by molar-refractivity contribution is 5.84. The second-order valence-electron chi connectivity index (χ2n) is 4.38. The fourth-order valence-electron chi connectivity index (χ4n) is 2.01. The Hall–Kier alpha value is -2.22. The average Bonchev–Trinajstić information content (AvgIpc) is 2.82. The van der Waals surface area contributed by atoms with Crippen molar-refractivity contribution in [1.82, 2.24) is 0 Å². The van der Waals surface area contributed by atoms with Gasteiger partial charge in [0.2, 0.25) is 0 Å². The van der Waals surface area contributed by atoms with E-state index in [2.05, 4.69) is 31.2 Å². The minimum absolute atomic E-state index is 0.846. The van der Waals surface area contributed by atoms with E-state index in [0.717, 1.165) is 28.0 Å². The highest BCUT2D eigenvalue weighted by Crippen LogP contribution is 2.30. The molecule has 2 nitrogen and oxygen atoms in total. The number of hydrogen-bond donors (Lipinski definition) is 0. The normalized spacial score (nSPS) is 10.8. The van der Waals surface area contributed by atoms with Crippen LogP contribution in [0.5, 0.6) is 5.75 Å². The van der Waals surface area contributed by atoms with E-state index in [1.165, 1.54) is 5.56 Å². The Labute approximate surface area is 106 Å². The molecule has 2 aromatic carbocycles. The Morgan fingerprint density at radius 1 is 0.944 bits per heavy atom. The molecule has 0 aliphatic carbocycles. The summed E-state index contributed by atoms with van der Waals surface area (Å²) in [6.45, 7) is 2.08. The minimum atomic E-state index is 0.846. The largest absolute Gasteiger partial charge is 0.497 e. The smallest absolute Gasteiger partial charge is 0.135 e. The molecule has 0 saturated heterocycles. The molecule has 2 heteroatoms. The highest BCUT2D eigenvalue weighted by atomic mass is 16.5. The fraction of sp³-hybridized carbons (Fsp3) is 0.125. The molecule has 0 bridgehead atoms. The second kappa shape index (κ2) is 4.22. The van der Waals surface area contributed by atoms with Crippen LogP contribution in [0.25, 0.3) is 22.3 Å². The molecule has 3 rings (SSSR count). The second-order valence-corrected chi connectivity index (χ2v) is 4.38. The summed E-state index contributed by atoms with van der Waals surface area (Å²) in [7, 11) is 1.67. The fourth-order valence-corrected chi connectivity index (χ4v) is 2.01. The first kappa shape index (κ1) is 10.9. The first-order valence-corrected chi connectivity index (χ1v) is 5.91. The first-order valence-electron chi connectivity index (χ1n) is 5.91. The number of benzene rings is 2. The topological polar surface area (TPSA) is 22.4 Å². The third-order valence-corrected chi connectivity index (χ3v) is 3.06. The van der Waals surface area contributed by atoms with Crippen LogP contribution in [-0.2, 0) is 0 Å². The predicted octanol–water partition coefficient (Wildman–Crippen LogP) is 4.42. The van der Waals surface area contributed by atoms with Crippen LogP contribution in [0.15, 0.2) is 52.9 Å². The van der Waals surface area contributed by atoms with Crippen LogP contribution in [0.4, 0.5) is 0 Å². The predicted molar refractivity (Wildman–Crippen MR) is 72.9 cm³/mol. The third-order valence-electron chi connectivity index (χ3n) is 3.06. The lowest BCUT2D eigenvalue weighted by Gasteiger charge is -1.97. The number of ether oxygens (including phenoxy) is 1. The summed E-state index contributed by atoms with van der Waals surface area (Å²) < 4.78 is 11.0. The molecule has 1 heterocycles. The average molecular weight is 238 g/mol. The van der Waals surface area contributed by atoms with Gasteiger partial charge in [0, 0.05) is 10.9 Å². The lowest BCUT2D eigenvalue weighted by atomic mass is 10.1. The molecule has 0 atom stereocenters. The van der Waals surface area contributed by atoms with Gasteiger partial charge in [0.25, 0.3) is 0 Å². The Morgan fingerprint density at radius 2 is 1.72 bits per heavy atom. The van der Waals surface area contributed by atoms with E-state index in [-0.39, 0.29) is 0 Å². The van der Waals surface area contributed by atoms with E-state index in [9.17, 15) is 0 Å². The Kier molecular flexibility index (Phi) is 2.56. The molecule has 0 N–H and O–H groups in total. The quantitative estimate of drug-likeness (QED) is 0.659. The molecule has 0 radical (unpaired) electrons. The Morgan fingerprint density at radius 3 is 2.44 bits per heavy atom. The SMILES string of the molecule is COc1ccc2oc(-c3ccc(C)cc3)cc2c1. The number of aryl methyl sites for hydroxylation is 1. The van der Waals surface area contributed by atoms with Crippen molar-refractivity contribution in [2.24, 2.45) is 0 Å². The molecule has 0 amide bonds. The summed E-state index contributed by atoms with van der Waals surface area (Å²) in [6.07, 6.45) is 0. The molecule has 3 aromatic rings. The van der Waals surface area contributed by atoms with Gasteiger partial charge in [-0.05, 0) is 31.2 Å². The third kappa shape index (κ3) is 1.86. The highest BCUT2D eigenvalue weighted by Gasteiger charge is 2.06. The molecule has 0 unspecified atom stereocenters. The summed E-state index contributed by atoms with van der Waals surface area (Å²) in [5.41, 5.74) is 3.22. The van der Waals surface area contributed by atoms with Crippen molar-refractivity contribution in [2.45, 2.75) is 6.92 Å². The van der Waals surface area contributed by atoms with Gasteiger partial charge in [-0.1, -0.05) is 29.8 Å². The van der Waals surface area contributed by atoms with Gasteiger partial charge in [0.1, 0.15) is 17.1 Å². The summed E-state index contributed by atoms with van der Waals surface area (Å²) in [5.74, 6) is 1.73. The molecular formula is C16H14O2. The summed E-state index contributed by atoms with van der Waals surface area (Å²) in [4.78, 5) is 0. The van der Waals surface area contributed by atoms with Gasteiger partial charge in [-0.15, -0.1) is 0 Å². The lowest BCUT2D eigenvalue weighted by Crippen LogP contribution is -1.79. The van der Waals surface area contributed by atoms with Crippen LogP contribution in [0.3, 0.4) is 0 Å². The Bertz CT molecular complexity index is 678. The van der Waals surface area contributed by atoms with Crippen molar-refractivity contribution < 1.29 is 9.15 Å². The standard InChI is InChI=1S/C16H14O2/c1-11-3-5-12(6-4-11)16-10-13-9-14(17-2)7-8-15(13)18-16/h3-10H,1-2H3. The lowest BCUT2D eigenvalue weighted by molar-refractivity contribution is 0.415. The van der Waals surface area contributed by atoms with E-state index < -0.39 is 0 Å². The minimum Gasteiger partial charge on any atom is -0.497 e. The number of hydrogen-bond acceptors (Lipinski definition) is 2. The van der Waals surface area contributed by atoms with Crippen LogP contribution in [0.2, 0.25) is 0 Å². The summed E-state index contributed by atoms with van der Waals surface area (Å²) in [6, 6.07) is 16.2. The maximum Gasteiger partial charge on any atom is 0.135 e. The van der Waals surface area contributed by atoms with Crippen LogP contribution in [0.1, 0.15) is 5.56 Å². The van der Waals surface area contributed by atoms with Gasteiger partial charge < -0.3 is 9.15 Å². The summed E-state index contributed by atoms with van der Waals surface area (Å²) in [5, 5.41) is 1.06. The zero-order valence-electron chi connectivity index (χ0n) is 10.4. The molecule has 0 aliphatic rings. The molecule has 1 aromatic heterocycles. The van der Waals surface area contributed by atoms with E-state index in [4.69, 9.17) is 9.15 Å². The maximum atomic E-state index is 5.84. The van der Waals surface area contributed by atoms with E-state index in [1.54, 1.807) is 7.11 Å². The van der Waals surface area contributed by atoms with Gasteiger partial charge in [0.05, 0.1) is 7.11 Å². The zero-order chi connectivity index (χ0) is 12.5. The van der Waals surface area contributed by atoms with Crippen LogP contribution < -0.4 is 4.74 Å². The molecule has 90 valence electrons. The van der Waals surface area contributed by atoms with Crippen molar-refractivity contribution in [3.8, 4) is 17.1 Å². The number of furan rings is 1. The van der Waals surface area contributed by atoms with Gasteiger partial charge in [-0.25, -0.2) is 0 Å². The van der Waals surface area contributed by atoms with Crippen molar-refractivity contribution in [1.29, 1.82) is 0 Å². The van der Waals surface area contributed by atoms with Crippen molar-refractivity contribution in [3.63, 3.8) is 0 Å². The van der Waals surface area contributed by atoms with Crippen molar-refractivity contribution in [3.05, 3.63) is 54.1 Å². The number of fused-ring (bicyclic) bond motifs is 1. The number of rotatable bonds is 2. The first-order chi connectivity index (χ1) is 8.76. The monoisotopic (exact) mass is 238 g/mol. The molecule has 0 saturated carbocycles. The maximum absolute atomic E-state index is 5.84. The zero-order valence-corrected chi connectivity index (χ0v) is 10.4. The van der Waals surface area contributed by atoms with Crippen LogP contribution in [-0.4, -0.2) is 7.11 Å². The van der Waals surface area contributed by atoms with E-state index in [1.807, 2.05) is 24.3 Å². The van der Waals surface area contributed by atoms with Crippen molar-refractivity contribution in [2.75, 3.05) is 7.11 Å². The van der Waals surface area contributed by atoms with Gasteiger partial charge in [-0.2, -0.15) is 0 Å². The molecule has 18 heavy (non-hydrogen) atoms. The molecule has 0 spiro atoms. The molecule has 0 aliphatic heterocycles. The molecular weight excluding hydrogens is 224 g/mol. The van der Waals surface area contributed by atoms with Crippen LogP contribution in [0, 0.1) is 6.92 Å². The van der Waals surface area contributed by atoms with E-state index >= 15 is 0 Å². The van der Waals surface area contributed by atoms with Crippen LogP contribution >= 0.6 is 0 Å². The summed E-state index contributed by atoms with van der Waals surface area (Å²) >= 11 is 0. The van der Waals surface area contributed by atoms with Gasteiger partial charge in [0.15, 0.2) is 0 Å². The van der Waals surface area contributed by atoms with Gasteiger partial charge in [-0.3, -0.25) is 0 Å². The number of methoxy groups -OCH3 is 1. The van der Waals surface area contributed by atoms with E-state index in [0.29, 0.717) is 0 Å². The molecule has 0 fully saturated rings. The van der Waals surface area contributed by atoms with Gasteiger partial charge >= 0.3 is 0 Å².